The fourth-order valence-electron chi connectivity index (χ4n) is 4.49. The highest BCUT2D eigenvalue weighted by Crippen LogP contribution is 2.19. The number of amides is 6. The van der Waals surface area contributed by atoms with Gasteiger partial charge in [0.05, 0.1) is 26.1 Å². The van der Waals surface area contributed by atoms with E-state index in [9.17, 15) is 38.7 Å². The number of primary amides is 1. The number of fused-ring (bicyclic) bond motifs is 1. The van der Waals surface area contributed by atoms with Gasteiger partial charge in [0.25, 0.3) is 0 Å². The Kier molecular flexibility index (Phi) is 12.8. The van der Waals surface area contributed by atoms with E-state index >= 15 is 0 Å². The van der Waals surface area contributed by atoms with E-state index in [1.54, 1.807) is 48.7 Å². The predicted molar refractivity (Wildman–Crippen MR) is 164 cm³/mol. The number of nitrogens with two attached hydrogens (primary N) is 2. The van der Waals surface area contributed by atoms with Crippen molar-refractivity contribution in [3.8, 4) is 0 Å². The highest BCUT2D eigenvalue weighted by molar-refractivity contribution is 5.96. The Morgan fingerprint density at radius 2 is 1.35 bits per heavy atom. The zero-order valence-electron chi connectivity index (χ0n) is 24.7. The lowest BCUT2D eigenvalue weighted by Gasteiger charge is -2.22. The maximum atomic E-state index is 13.0. The molecule has 0 unspecified atom stereocenters. The first-order valence-corrected chi connectivity index (χ1v) is 14.2. The summed E-state index contributed by atoms with van der Waals surface area (Å²) in [6, 6.07) is 11.8. The first kappa shape index (κ1) is 34.7. The van der Waals surface area contributed by atoms with Crippen LogP contribution >= 0.6 is 0 Å². The van der Waals surface area contributed by atoms with Crippen molar-refractivity contribution in [1.29, 1.82) is 0 Å². The van der Waals surface area contributed by atoms with Gasteiger partial charge in [0.1, 0.15) is 18.1 Å². The summed E-state index contributed by atoms with van der Waals surface area (Å²) in [5.74, 6) is -6.15. The average molecular weight is 637 g/mol. The smallest absolute Gasteiger partial charge is 0.326 e. The molecule has 46 heavy (non-hydrogen) atoms. The summed E-state index contributed by atoms with van der Waals surface area (Å²) in [6.45, 7) is -1.42. The van der Waals surface area contributed by atoms with Crippen LogP contribution in [0.2, 0.25) is 0 Å². The first-order chi connectivity index (χ1) is 22.0. The molecule has 0 radical (unpaired) electrons. The minimum absolute atomic E-state index is 0.0462. The van der Waals surface area contributed by atoms with Crippen LogP contribution in [0, 0.1) is 0 Å². The number of benzene rings is 2. The summed E-state index contributed by atoms with van der Waals surface area (Å²) in [5, 5.41) is 22.3. The number of aromatic amines is 1. The van der Waals surface area contributed by atoms with Crippen molar-refractivity contribution in [2.75, 3.05) is 19.6 Å². The van der Waals surface area contributed by atoms with E-state index < -0.39 is 79.0 Å². The van der Waals surface area contributed by atoms with Crippen LogP contribution in [0.15, 0.2) is 60.8 Å². The van der Waals surface area contributed by atoms with E-state index in [0.717, 1.165) is 10.9 Å². The monoisotopic (exact) mass is 636 g/mol. The lowest BCUT2D eigenvalue weighted by atomic mass is 10.0. The molecular weight excluding hydrogens is 600 g/mol. The molecule has 0 saturated heterocycles. The summed E-state index contributed by atoms with van der Waals surface area (Å²) in [6.07, 6.45) is 0.932. The molecule has 244 valence electrons. The molecule has 16 nitrogen and oxygen atoms in total. The van der Waals surface area contributed by atoms with Crippen molar-refractivity contribution < 1.29 is 38.7 Å². The lowest BCUT2D eigenvalue weighted by Crippen LogP contribution is -2.55. The Labute approximate surface area is 263 Å². The molecule has 11 N–H and O–H groups in total. The summed E-state index contributed by atoms with van der Waals surface area (Å²) in [5.41, 5.74) is 12.6. The molecule has 2 aromatic carbocycles. The van der Waals surface area contributed by atoms with Crippen LogP contribution in [0.5, 0.6) is 0 Å². The van der Waals surface area contributed by atoms with Crippen LogP contribution in [0.1, 0.15) is 17.5 Å². The number of carbonyl (C=O) groups is 7. The zero-order valence-corrected chi connectivity index (χ0v) is 24.7. The van der Waals surface area contributed by atoms with E-state index in [-0.39, 0.29) is 19.4 Å². The highest BCUT2D eigenvalue weighted by Gasteiger charge is 2.29. The maximum Gasteiger partial charge on any atom is 0.326 e. The molecule has 0 saturated carbocycles. The highest BCUT2D eigenvalue weighted by atomic mass is 16.4. The molecule has 1 heterocycles. The number of carboxylic acids is 1. The molecule has 0 spiro atoms. The van der Waals surface area contributed by atoms with Gasteiger partial charge in [-0.1, -0.05) is 48.5 Å². The third-order valence-corrected chi connectivity index (χ3v) is 6.76. The van der Waals surface area contributed by atoms with Crippen molar-refractivity contribution in [2.24, 2.45) is 11.5 Å². The van der Waals surface area contributed by atoms with Crippen LogP contribution < -0.4 is 38.1 Å². The number of H-pyrrole nitrogens is 1. The number of aliphatic carboxylic acids is 1. The Morgan fingerprint density at radius 1 is 0.717 bits per heavy atom. The van der Waals surface area contributed by atoms with E-state index in [4.69, 9.17) is 11.5 Å². The molecule has 0 bridgehead atoms. The lowest BCUT2D eigenvalue weighted by molar-refractivity contribution is -0.142. The minimum Gasteiger partial charge on any atom is -0.480 e. The van der Waals surface area contributed by atoms with Crippen molar-refractivity contribution in [3.63, 3.8) is 0 Å². The Balaban J connectivity index is 1.63. The topological polar surface area (TPSA) is 268 Å². The normalized spacial score (nSPS) is 12.6. The van der Waals surface area contributed by atoms with Gasteiger partial charge in [-0.2, -0.15) is 0 Å². The molecule has 3 aromatic rings. The van der Waals surface area contributed by atoms with Gasteiger partial charge in [0.15, 0.2) is 0 Å². The number of carboxylic acid groups (broad SMARTS) is 1. The quantitative estimate of drug-likeness (QED) is 0.0760. The summed E-state index contributed by atoms with van der Waals surface area (Å²) < 4.78 is 0. The summed E-state index contributed by atoms with van der Waals surface area (Å²) in [7, 11) is 0. The summed E-state index contributed by atoms with van der Waals surface area (Å²) >= 11 is 0. The molecule has 3 rings (SSSR count). The van der Waals surface area contributed by atoms with Crippen LogP contribution in [-0.4, -0.2) is 89.3 Å². The summed E-state index contributed by atoms with van der Waals surface area (Å²) in [4.78, 5) is 89.3. The van der Waals surface area contributed by atoms with E-state index in [2.05, 4.69) is 31.6 Å². The van der Waals surface area contributed by atoms with E-state index in [1.807, 2.05) is 12.1 Å². The van der Waals surface area contributed by atoms with Crippen LogP contribution in [0.25, 0.3) is 10.9 Å². The number of hydrogen-bond donors (Lipinski definition) is 9. The molecule has 0 fully saturated rings. The molecule has 0 aliphatic carbocycles. The third-order valence-electron chi connectivity index (χ3n) is 6.76. The van der Waals surface area contributed by atoms with Crippen molar-refractivity contribution in [3.05, 3.63) is 71.9 Å². The SMILES string of the molecule is NCC(=O)NCC(=O)N[C@@H](Cc1ccccc1)C(=O)NCC(=O)N[C@@H](CC(N)=O)C(=O)N[C@@H](Cc1c[nH]c2ccccc12)C(=O)O. The van der Waals surface area contributed by atoms with Crippen molar-refractivity contribution in [2.45, 2.75) is 37.4 Å². The molecule has 0 aliphatic heterocycles. The second-order valence-corrected chi connectivity index (χ2v) is 10.3. The Bertz CT molecular complexity index is 1580. The number of aromatic nitrogens is 1. The van der Waals surface area contributed by atoms with Gasteiger partial charge in [-0.3, -0.25) is 28.8 Å². The average Bonchev–Trinajstić information content (AvgIpc) is 3.44. The van der Waals surface area contributed by atoms with Gasteiger partial charge >= 0.3 is 5.97 Å². The second kappa shape index (κ2) is 16.9. The van der Waals surface area contributed by atoms with Gasteiger partial charge in [0, 0.05) is 29.9 Å². The van der Waals surface area contributed by atoms with Crippen molar-refractivity contribution >= 4 is 52.3 Å². The van der Waals surface area contributed by atoms with Gasteiger partial charge in [-0.15, -0.1) is 0 Å². The van der Waals surface area contributed by atoms with Crippen molar-refractivity contribution in [1.82, 2.24) is 31.6 Å². The molecule has 6 amide bonds. The Morgan fingerprint density at radius 3 is 2.00 bits per heavy atom. The van der Waals surface area contributed by atoms with Gasteiger partial charge < -0.3 is 48.1 Å². The molecule has 3 atom stereocenters. The molecule has 0 aliphatic rings. The third kappa shape index (κ3) is 10.7. The Hall–Kier alpha value is -5.77. The molecular formula is C30H36N8O8. The second-order valence-electron chi connectivity index (χ2n) is 10.3. The fraction of sp³-hybridized carbons (Fsp3) is 0.300. The first-order valence-electron chi connectivity index (χ1n) is 14.2. The minimum atomic E-state index is -1.54. The number of para-hydroxylation sites is 1. The number of carbonyl (C=O) groups excluding carboxylic acids is 6. The number of nitrogens with one attached hydrogen (secondary N) is 6. The number of rotatable bonds is 17. The maximum absolute atomic E-state index is 13.0. The van der Waals surface area contributed by atoms with E-state index in [0.29, 0.717) is 11.1 Å². The zero-order chi connectivity index (χ0) is 33.6. The fourth-order valence-corrected chi connectivity index (χ4v) is 4.49. The van der Waals surface area contributed by atoms with Crippen LogP contribution in [0.4, 0.5) is 0 Å². The van der Waals surface area contributed by atoms with Crippen LogP contribution in [-0.2, 0) is 46.4 Å². The predicted octanol–water partition coefficient (Wildman–Crippen LogP) is -2.44. The number of hydrogen-bond acceptors (Lipinski definition) is 8. The van der Waals surface area contributed by atoms with E-state index in [1.165, 1.54) is 0 Å². The van der Waals surface area contributed by atoms with Gasteiger partial charge in [-0.25, -0.2) is 4.79 Å². The molecule has 1 aromatic heterocycles. The van der Waals surface area contributed by atoms with Gasteiger partial charge in [-0.05, 0) is 17.2 Å². The van der Waals surface area contributed by atoms with Crippen LogP contribution in [0.3, 0.4) is 0 Å². The van der Waals surface area contributed by atoms with Gasteiger partial charge in [0.2, 0.25) is 35.4 Å². The standard InChI is InChI=1S/C30H36N8O8/c31-13-25(40)34-15-26(41)36-21(10-17-6-2-1-3-7-17)28(43)35-16-27(42)37-22(12-24(32)39)29(44)38-23(30(45)46)11-18-14-33-20-9-5-4-8-19(18)20/h1-9,14,21-23,33H,10-13,15-16,31H2,(H2,32,39)(H,34,40)(H,35,43)(H,36,41)(H,37,42)(H,38,44)(H,45,46)/t21-,22-,23-/m0/s1. The largest absolute Gasteiger partial charge is 0.480 e. The molecule has 16 heteroatoms.